The van der Waals surface area contributed by atoms with Gasteiger partial charge in [-0.05, 0) is 33.2 Å². The predicted molar refractivity (Wildman–Crippen MR) is 60.6 cm³/mol. The van der Waals surface area contributed by atoms with E-state index in [1.807, 2.05) is 13.8 Å². The molecule has 0 aromatic rings. The molecule has 2 aliphatic rings. The van der Waals surface area contributed by atoms with Crippen LogP contribution in [0.2, 0.25) is 0 Å². The number of ether oxygens (including phenoxy) is 1. The van der Waals surface area contributed by atoms with Crippen LogP contribution in [0.25, 0.3) is 0 Å². The lowest BCUT2D eigenvalue weighted by molar-refractivity contribution is -0.179. The molecular formula is C12H25NO. The molecule has 2 fully saturated rings. The third kappa shape index (κ3) is 2.48. The highest BCUT2D eigenvalue weighted by Crippen LogP contribution is 2.35. The Kier molecular flexibility index (Phi) is 4.39. The molecule has 0 radical (unpaired) electrons. The van der Waals surface area contributed by atoms with E-state index in [1.54, 1.807) is 0 Å². The van der Waals surface area contributed by atoms with Crippen molar-refractivity contribution in [2.75, 3.05) is 19.7 Å². The Morgan fingerprint density at radius 3 is 2.29 bits per heavy atom. The first kappa shape index (κ1) is 12.0. The average Bonchev–Trinajstić information content (AvgIpc) is 2.19. The topological polar surface area (TPSA) is 12.5 Å². The van der Waals surface area contributed by atoms with Crippen molar-refractivity contribution in [3.63, 3.8) is 0 Å². The summed E-state index contributed by atoms with van der Waals surface area (Å²) in [6, 6.07) is 0.686. The van der Waals surface area contributed by atoms with Crippen molar-refractivity contribution in [2.24, 2.45) is 0 Å². The maximum absolute atomic E-state index is 5.70. The summed E-state index contributed by atoms with van der Waals surface area (Å²) < 4.78 is 5.70. The number of hydrogen-bond acceptors (Lipinski definition) is 2. The van der Waals surface area contributed by atoms with Gasteiger partial charge in [0, 0.05) is 19.0 Å². The van der Waals surface area contributed by atoms with Gasteiger partial charge in [-0.1, -0.05) is 13.8 Å². The van der Waals surface area contributed by atoms with E-state index in [0.717, 1.165) is 6.61 Å². The smallest absolute Gasteiger partial charge is 0.0831 e. The standard InChI is InChI=1S/C10H19NO.C2H6/c1-9(2)11-6-3-4-10(8-11)5-7-12-10;1-2/h9H,3-8H2,1-2H3;1-2H3. The zero-order valence-electron chi connectivity index (χ0n) is 10.2. The lowest BCUT2D eigenvalue weighted by Crippen LogP contribution is -2.57. The van der Waals surface area contributed by atoms with Crippen LogP contribution in [-0.4, -0.2) is 36.2 Å². The minimum atomic E-state index is 0.280. The van der Waals surface area contributed by atoms with Gasteiger partial charge in [-0.25, -0.2) is 0 Å². The second kappa shape index (κ2) is 5.13. The highest BCUT2D eigenvalue weighted by atomic mass is 16.5. The van der Waals surface area contributed by atoms with E-state index in [4.69, 9.17) is 4.74 Å². The lowest BCUT2D eigenvalue weighted by atomic mass is 9.85. The van der Waals surface area contributed by atoms with Crippen LogP contribution >= 0.6 is 0 Å². The third-order valence-electron chi connectivity index (χ3n) is 3.27. The predicted octanol–water partition coefficient (Wildman–Crippen LogP) is 2.68. The quantitative estimate of drug-likeness (QED) is 0.644. The minimum absolute atomic E-state index is 0.280. The van der Waals surface area contributed by atoms with Crippen LogP contribution in [0, 0.1) is 0 Å². The summed E-state index contributed by atoms with van der Waals surface area (Å²) in [6.07, 6.45) is 3.89. The molecule has 0 aromatic heterocycles. The molecule has 1 atom stereocenters. The highest BCUT2D eigenvalue weighted by Gasteiger charge is 2.42. The fourth-order valence-corrected chi connectivity index (χ4v) is 2.29. The molecule has 0 aromatic carbocycles. The van der Waals surface area contributed by atoms with Crippen LogP contribution in [-0.2, 0) is 4.74 Å². The molecule has 0 saturated carbocycles. The number of piperidine rings is 1. The fourth-order valence-electron chi connectivity index (χ4n) is 2.29. The van der Waals surface area contributed by atoms with E-state index in [2.05, 4.69) is 18.7 Å². The molecule has 0 aliphatic carbocycles. The molecule has 0 bridgehead atoms. The number of likely N-dealkylation sites (tertiary alicyclic amines) is 1. The molecule has 84 valence electrons. The van der Waals surface area contributed by atoms with Gasteiger partial charge < -0.3 is 4.74 Å². The second-order valence-electron chi connectivity index (χ2n) is 4.45. The summed E-state index contributed by atoms with van der Waals surface area (Å²) in [5.41, 5.74) is 0.280. The van der Waals surface area contributed by atoms with Crippen LogP contribution in [0.1, 0.15) is 47.0 Å². The van der Waals surface area contributed by atoms with Crippen LogP contribution < -0.4 is 0 Å². The first-order valence-electron chi connectivity index (χ1n) is 6.10. The molecule has 2 rings (SSSR count). The van der Waals surface area contributed by atoms with Gasteiger partial charge in [0.2, 0.25) is 0 Å². The molecule has 0 N–H and O–H groups in total. The zero-order valence-corrected chi connectivity index (χ0v) is 10.2. The molecular weight excluding hydrogens is 174 g/mol. The van der Waals surface area contributed by atoms with Gasteiger partial charge in [0.1, 0.15) is 0 Å². The van der Waals surface area contributed by atoms with Crippen LogP contribution in [0.15, 0.2) is 0 Å². The van der Waals surface area contributed by atoms with Crippen LogP contribution in [0.5, 0.6) is 0 Å². The Labute approximate surface area is 88.6 Å². The SMILES string of the molecule is CC.CC(C)N1CCCC2(CCO2)C1. The van der Waals surface area contributed by atoms with Crippen molar-refractivity contribution in [1.82, 2.24) is 4.90 Å². The Morgan fingerprint density at radius 1 is 1.21 bits per heavy atom. The maximum Gasteiger partial charge on any atom is 0.0831 e. The summed E-state index contributed by atoms with van der Waals surface area (Å²) >= 11 is 0. The molecule has 2 heterocycles. The van der Waals surface area contributed by atoms with Gasteiger partial charge in [0.15, 0.2) is 0 Å². The first-order valence-corrected chi connectivity index (χ1v) is 6.10. The lowest BCUT2D eigenvalue weighted by Gasteiger charge is -2.49. The van der Waals surface area contributed by atoms with Crippen molar-refractivity contribution in [3.8, 4) is 0 Å². The number of hydrogen-bond donors (Lipinski definition) is 0. The van der Waals surface area contributed by atoms with E-state index in [0.29, 0.717) is 6.04 Å². The zero-order chi connectivity index (χ0) is 10.6. The van der Waals surface area contributed by atoms with Crippen LogP contribution in [0.3, 0.4) is 0 Å². The summed E-state index contributed by atoms with van der Waals surface area (Å²) in [4.78, 5) is 2.54. The Bertz CT molecular complexity index is 164. The van der Waals surface area contributed by atoms with Gasteiger partial charge in [0.05, 0.1) is 12.2 Å². The Morgan fingerprint density at radius 2 is 1.86 bits per heavy atom. The maximum atomic E-state index is 5.70. The molecule has 1 unspecified atom stereocenters. The molecule has 0 amide bonds. The fraction of sp³-hybridized carbons (Fsp3) is 1.00. The molecule has 2 saturated heterocycles. The van der Waals surface area contributed by atoms with E-state index >= 15 is 0 Å². The second-order valence-corrected chi connectivity index (χ2v) is 4.45. The molecule has 1 spiro atoms. The van der Waals surface area contributed by atoms with Gasteiger partial charge >= 0.3 is 0 Å². The summed E-state index contributed by atoms with van der Waals surface area (Å²) in [5, 5.41) is 0. The minimum Gasteiger partial charge on any atom is -0.373 e. The van der Waals surface area contributed by atoms with Crippen molar-refractivity contribution in [1.29, 1.82) is 0 Å². The summed E-state index contributed by atoms with van der Waals surface area (Å²) in [5.74, 6) is 0. The molecule has 2 heteroatoms. The van der Waals surface area contributed by atoms with Crippen LogP contribution in [0.4, 0.5) is 0 Å². The van der Waals surface area contributed by atoms with E-state index in [-0.39, 0.29) is 5.60 Å². The Balaban J connectivity index is 0.000000461. The van der Waals surface area contributed by atoms with Gasteiger partial charge in [-0.15, -0.1) is 0 Å². The third-order valence-corrected chi connectivity index (χ3v) is 3.27. The monoisotopic (exact) mass is 199 g/mol. The number of nitrogens with zero attached hydrogens (tertiary/aromatic N) is 1. The molecule has 14 heavy (non-hydrogen) atoms. The van der Waals surface area contributed by atoms with E-state index in [9.17, 15) is 0 Å². The summed E-state index contributed by atoms with van der Waals surface area (Å²) in [6.45, 7) is 12.0. The Hall–Kier alpha value is -0.0800. The average molecular weight is 199 g/mol. The van der Waals surface area contributed by atoms with Crippen molar-refractivity contribution >= 4 is 0 Å². The van der Waals surface area contributed by atoms with E-state index < -0.39 is 0 Å². The van der Waals surface area contributed by atoms with E-state index in [1.165, 1.54) is 32.4 Å². The highest BCUT2D eigenvalue weighted by molar-refractivity contribution is 4.94. The summed E-state index contributed by atoms with van der Waals surface area (Å²) in [7, 11) is 0. The normalized spacial score (nSPS) is 32.4. The largest absolute Gasteiger partial charge is 0.373 e. The van der Waals surface area contributed by atoms with Gasteiger partial charge in [-0.3, -0.25) is 4.90 Å². The molecule has 2 aliphatic heterocycles. The first-order chi connectivity index (χ1) is 6.72. The van der Waals surface area contributed by atoms with Gasteiger partial charge in [0.25, 0.3) is 0 Å². The van der Waals surface area contributed by atoms with Crippen molar-refractivity contribution < 1.29 is 4.74 Å². The van der Waals surface area contributed by atoms with Crippen molar-refractivity contribution in [3.05, 3.63) is 0 Å². The number of rotatable bonds is 1. The van der Waals surface area contributed by atoms with Gasteiger partial charge in [-0.2, -0.15) is 0 Å². The molecule has 2 nitrogen and oxygen atoms in total. The van der Waals surface area contributed by atoms with Crippen molar-refractivity contribution in [2.45, 2.75) is 58.6 Å².